The lowest BCUT2D eigenvalue weighted by molar-refractivity contribution is 0.414. The summed E-state index contributed by atoms with van der Waals surface area (Å²) in [6.45, 7) is 2.23. The van der Waals surface area contributed by atoms with Gasteiger partial charge in [-0.1, -0.05) is 32.1 Å². The number of hydrogen-bond donors (Lipinski definition) is 0. The van der Waals surface area contributed by atoms with Crippen LogP contribution in [0.4, 0.5) is 0 Å². The molecule has 0 fully saturated rings. The minimum Gasteiger partial charge on any atom is -0.497 e. The number of methoxy groups -OCH3 is 1. The number of thioether (sulfide) groups is 1. The summed E-state index contributed by atoms with van der Waals surface area (Å²) in [5.74, 6) is 4.09. The van der Waals surface area contributed by atoms with Crippen LogP contribution in [0.2, 0.25) is 0 Å². The Balaban J connectivity index is 2.22. The highest BCUT2D eigenvalue weighted by atomic mass is 32.2. The minimum atomic E-state index is 0.891. The van der Waals surface area contributed by atoms with Crippen LogP contribution in [0.3, 0.4) is 0 Å². The van der Waals surface area contributed by atoms with Crippen LogP contribution in [0.15, 0.2) is 29.2 Å². The zero-order chi connectivity index (χ0) is 12.3. The van der Waals surface area contributed by atoms with Gasteiger partial charge in [0.05, 0.1) is 7.11 Å². The Labute approximate surface area is 109 Å². The summed E-state index contributed by atoms with van der Waals surface area (Å²) in [7, 11) is 1.68. The van der Waals surface area contributed by atoms with Crippen molar-refractivity contribution < 1.29 is 4.74 Å². The average Bonchev–Trinajstić information content (AvgIpc) is 2.38. The highest BCUT2D eigenvalue weighted by Crippen LogP contribution is 2.20. The van der Waals surface area contributed by atoms with Crippen LogP contribution in [0.25, 0.3) is 0 Å². The van der Waals surface area contributed by atoms with E-state index in [1.165, 1.54) is 30.6 Å². The molecule has 0 saturated carbocycles. The summed E-state index contributed by atoms with van der Waals surface area (Å²) in [4.78, 5) is 1.17. The van der Waals surface area contributed by atoms with Crippen LogP contribution in [0, 0.1) is 11.2 Å². The van der Waals surface area contributed by atoms with E-state index in [0.717, 1.165) is 12.2 Å². The molecule has 0 radical (unpaired) electrons. The number of benzene rings is 1. The van der Waals surface area contributed by atoms with Gasteiger partial charge >= 0.3 is 0 Å². The Hall–Kier alpha value is -1.07. The molecule has 1 aromatic rings. The molecule has 0 saturated heterocycles. The van der Waals surface area contributed by atoms with Crippen LogP contribution in [0.5, 0.6) is 5.75 Å². The monoisotopic (exact) mass is 248 g/mol. The van der Waals surface area contributed by atoms with E-state index < -0.39 is 0 Å². The zero-order valence-corrected chi connectivity index (χ0v) is 11.5. The molecule has 2 heteroatoms. The van der Waals surface area contributed by atoms with Crippen molar-refractivity contribution >= 4 is 11.8 Å². The molecule has 92 valence electrons. The molecule has 0 atom stereocenters. The first-order valence-electron chi connectivity index (χ1n) is 6.15. The van der Waals surface area contributed by atoms with E-state index in [1.807, 2.05) is 24.3 Å². The van der Waals surface area contributed by atoms with E-state index in [4.69, 9.17) is 4.74 Å². The van der Waals surface area contributed by atoms with Gasteiger partial charge in [-0.3, -0.25) is 0 Å². The maximum Gasteiger partial charge on any atom is 0.118 e. The van der Waals surface area contributed by atoms with Crippen molar-refractivity contribution in [1.29, 1.82) is 0 Å². The van der Waals surface area contributed by atoms with Crippen LogP contribution in [-0.4, -0.2) is 7.11 Å². The van der Waals surface area contributed by atoms with E-state index in [9.17, 15) is 0 Å². The third-order valence-corrected chi connectivity index (χ3v) is 3.21. The fourth-order valence-electron chi connectivity index (χ4n) is 1.43. The van der Waals surface area contributed by atoms with E-state index in [0.29, 0.717) is 0 Å². The number of ether oxygens (including phenoxy) is 1. The summed E-state index contributed by atoms with van der Waals surface area (Å²) in [6.07, 6.45) is 6.16. The van der Waals surface area contributed by atoms with Crippen molar-refractivity contribution in [1.82, 2.24) is 0 Å². The molecule has 0 unspecified atom stereocenters. The van der Waals surface area contributed by atoms with Crippen molar-refractivity contribution in [2.45, 2.75) is 43.9 Å². The molecule has 0 N–H and O–H groups in total. The molecule has 17 heavy (non-hydrogen) atoms. The van der Waals surface area contributed by atoms with Crippen LogP contribution < -0.4 is 4.74 Å². The molecule has 0 aromatic heterocycles. The fourth-order valence-corrected chi connectivity index (χ4v) is 1.99. The van der Waals surface area contributed by atoms with Gasteiger partial charge in [0, 0.05) is 11.3 Å². The number of rotatable bonds is 6. The Morgan fingerprint density at radius 2 is 1.88 bits per heavy atom. The maximum atomic E-state index is 5.10. The molecule has 1 nitrogen and oxygen atoms in total. The summed E-state index contributed by atoms with van der Waals surface area (Å²) in [5, 5.41) is 3.14. The predicted octanol–water partition coefficient (Wildman–Crippen LogP) is 4.72. The first kappa shape index (κ1) is 14.0. The van der Waals surface area contributed by atoms with Gasteiger partial charge < -0.3 is 4.74 Å². The van der Waals surface area contributed by atoms with E-state index >= 15 is 0 Å². The van der Waals surface area contributed by atoms with Crippen LogP contribution in [0.1, 0.15) is 39.0 Å². The van der Waals surface area contributed by atoms with E-state index in [-0.39, 0.29) is 0 Å². The quantitative estimate of drug-likeness (QED) is 0.409. The Morgan fingerprint density at radius 1 is 1.12 bits per heavy atom. The normalized spacial score (nSPS) is 9.53. The molecular weight excluding hydrogens is 228 g/mol. The maximum absolute atomic E-state index is 5.10. The highest BCUT2D eigenvalue weighted by molar-refractivity contribution is 8.03. The summed E-state index contributed by atoms with van der Waals surface area (Å²) < 4.78 is 5.10. The first-order valence-corrected chi connectivity index (χ1v) is 6.97. The third kappa shape index (κ3) is 6.28. The molecule has 1 aromatic carbocycles. The number of unbranched alkanes of at least 4 members (excludes halogenated alkanes) is 4. The number of hydrogen-bond acceptors (Lipinski definition) is 2. The van der Waals surface area contributed by atoms with Crippen molar-refractivity contribution in [2.24, 2.45) is 0 Å². The first-order chi connectivity index (χ1) is 8.36. The van der Waals surface area contributed by atoms with Crippen molar-refractivity contribution in [3.05, 3.63) is 24.3 Å². The van der Waals surface area contributed by atoms with Crippen LogP contribution in [-0.2, 0) is 0 Å². The molecular formula is C15H20OS. The average molecular weight is 248 g/mol. The van der Waals surface area contributed by atoms with Gasteiger partial charge in [0.2, 0.25) is 0 Å². The molecule has 0 aliphatic rings. The third-order valence-electron chi connectivity index (χ3n) is 2.46. The van der Waals surface area contributed by atoms with E-state index in [2.05, 4.69) is 18.1 Å². The summed E-state index contributed by atoms with van der Waals surface area (Å²) in [5.41, 5.74) is 0. The molecule has 0 aliphatic carbocycles. The fraction of sp³-hybridized carbons (Fsp3) is 0.467. The van der Waals surface area contributed by atoms with Gasteiger partial charge in [-0.15, -0.1) is 0 Å². The zero-order valence-electron chi connectivity index (χ0n) is 10.7. The van der Waals surface area contributed by atoms with Crippen LogP contribution >= 0.6 is 11.8 Å². The molecule has 0 bridgehead atoms. The van der Waals surface area contributed by atoms with Gasteiger partial charge in [0.25, 0.3) is 0 Å². The van der Waals surface area contributed by atoms with Gasteiger partial charge in [-0.2, -0.15) is 0 Å². The minimum absolute atomic E-state index is 0.891. The van der Waals surface area contributed by atoms with Crippen molar-refractivity contribution in [3.63, 3.8) is 0 Å². The molecule has 1 rings (SSSR count). The second-order valence-corrected chi connectivity index (χ2v) is 4.75. The molecule has 0 heterocycles. The Morgan fingerprint density at radius 3 is 2.53 bits per heavy atom. The van der Waals surface area contributed by atoms with Crippen molar-refractivity contribution in [2.75, 3.05) is 7.11 Å². The smallest absolute Gasteiger partial charge is 0.118 e. The van der Waals surface area contributed by atoms with Gasteiger partial charge in [0.15, 0.2) is 0 Å². The largest absolute Gasteiger partial charge is 0.497 e. The van der Waals surface area contributed by atoms with Gasteiger partial charge in [-0.05, 0) is 47.7 Å². The van der Waals surface area contributed by atoms with Gasteiger partial charge in [-0.25, -0.2) is 0 Å². The Kier molecular flexibility index (Phi) is 7.42. The topological polar surface area (TPSA) is 9.23 Å². The highest BCUT2D eigenvalue weighted by Gasteiger charge is 1.92. The lowest BCUT2D eigenvalue weighted by Crippen LogP contribution is -1.80. The second-order valence-electron chi connectivity index (χ2n) is 3.87. The Bertz CT molecular complexity index is 359. The summed E-state index contributed by atoms with van der Waals surface area (Å²) >= 11 is 1.59. The van der Waals surface area contributed by atoms with E-state index in [1.54, 1.807) is 18.9 Å². The van der Waals surface area contributed by atoms with Gasteiger partial charge in [0.1, 0.15) is 5.75 Å². The second kappa shape index (κ2) is 9.01. The molecule has 0 amide bonds. The molecule has 0 spiro atoms. The lowest BCUT2D eigenvalue weighted by atomic mass is 10.2. The predicted molar refractivity (Wildman–Crippen MR) is 75.4 cm³/mol. The lowest BCUT2D eigenvalue weighted by Gasteiger charge is -1.98. The SMILES string of the molecule is CCCCCCC#CSc1ccc(OC)cc1. The molecule has 0 aliphatic heterocycles. The summed E-state index contributed by atoms with van der Waals surface area (Å²) in [6, 6.07) is 8.00. The standard InChI is InChI=1S/C15H20OS/c1-3-4-5-6-7-8-13-17-15-11-9-14(16-2)10-12-15/h9-12H,3-7H2,1-2H3. The van der Waals surface area contributed by atoms with Crippen molar-refractivity contribution in [3.8, 4) is 16.9 Å².